The highest BCUT2D eigenvalue weighted by molar-refractivity contribution is 7.38. The molecule has 1 aliphatic carbocycles. The molecule has 0 spiro atoms. The van der Waals surface area contributed by atoms with E-state index in [0.717, 1.165) is 19.3 Å². The Bertz CT molecular complexity index is 224. The Kier molecular flexibility index (Phi) is 4.65. The molecule has 0 radical (unpaired) electrons. The molecule has 0 aliphatic heterocycles. The zero-order valence-corrected chi connectivity index (χ0v) is 9.39. The highest BCUT2D eigenvalue weighted by atomic mass is 31.1. The summed E-state index contributed by atoms with van der Waals surface area (Å²) >= 11 is 0. The Morgan fingerprint density at radius 1 is 1.27 bits per heavy atom. The molecule has 0 amide bonds. The first-order valence-electron chi connectivity index (χ1n) is 5.19. The van der Waals surface area contributed by atoms with Gasteiger partial charge in [-0.15, -0.1) is 0 Å². The van der Waals surface area contributed by atoms with E-state index in [9.17, 15) is 17.7 Å². The molecule has 0 aromatic heterocycles. The molecule has 0 bridgehead atoms. The fourth-order valence-corrected chi connectivity index (χ4v) is 3.38. The molecule has 0 aromatic rings. The van der Waals surface area contributed by atoms with Gasteiger partial charge in [0, 0.05) is 5.66 Å². The number of hydrogen-bond donors (Lipinski definition) is 1. The van der Waals surface area contributed by atoms with Crippen molar-refractivity contribution in [2.75, 3.05) is 0 Å². The molecule has 1 aliphatic rings. The van der Waals surface area contributed by atoms with Gasteiger partial charge in [0.05, 0.1) is 6.42 Å². The van der Waals surface area contributed by atoms with Crippen LogP contribution in [0.15, 0.2) is 0 Å². The molecule has 0 saturated heterocycles. The molecule has 2 unspecified atom stereocenters. The Morgan fingerprint density at radius 3 is 2.20 bits per heavy atom. The van der Waals surface area contributed by atoms with E-state index in [1.807, 2.05) is 0 Å². The quantitative estimate of drug-likeness (QED) is 0.773. The van der Waals surface area contributed by atoms with E-state index in [0.29, 0.717) is 12.8 Å². The zero-order chi connectivity index (χ0) is 11.5. The summed E-state index contributed by atoms with van der Waals surface area (Å²) in [5.74, 6) is -0.211. The second-order valence-corrected chi connectivity index (χ2v) is 5.58. The van der Waals surface area contributed by atoms with Crippen LogP contribution in [0.2, 0.25) is 0 Å². The predicted octanol–water partition coefficient (Wildman–Crippen LogP) is 3.35. The van der Waals surface area contributed by atoms with Gasteiger partial charge in [0.1, 0.15) is 0 Å². The Hall–Kier alpha value is -0.0200. The van der Waals surface area contributed by atoms with E-state index in [1.165, 1.54) is 0 Å². The van der Waals surface area contributed by atoms with Gasteiger partial charge in [-0.25, -0.2) is 0 Å². The van der Waals surface area contributed by atoms with Crippen LogP contribution in [0.5, 0.6) is 0 Å². The lowest BCUT2D eigenvalue weighted by molar-refractivity contribution is -0.137. The van der Waals surface area contributed by atoms with Crippen molar-refractivity contribution in [3.63, 3.8) is 0 Å². The second-order valence-electron chi connectivity index (χ2n) is 4.16. The Labute approximate surface area is 87.7 Å². The van der Waals surface area contributed by atoms with Gasteiger partial charge in [0.15, 0.2) is 8.03 Å². The van der Waals surface area contributed by atoms with Gasteiger partial charge in [0.2, 0.25) is 0 Å². The molecule has 6 heteroatoms. The molecule has 1 fully saturated rings. The topological polar surface area (TPSA) is 37.3 Å². The Morgan fingerprint density at radius 2 is 1.80 bits per heavy atom. The molecule has 0 heterocycles. The molecule has 1 N–H and O–H groups in total. The van der Waals surface area contributed by atoms with Gasteiger partial charge in [-0.1, -0.05) is 19.3 Å². The fourth-order valence-electron chi connectivity index (χ4n) is 2.24. The summed E-state index contributed by atoms with van der Waals surface area (Å²) in [4.78, 5) is 8.97. The smallest absolute Gasteiger partial charge is 0.346 e. The third-order valence-electron chi connectivity index (χ3n) is 2.99. The molecule has 1 saturated carbocycles. The number of alkyl halides is 3. The van der Waals surface area contributed by atoms with Crippen LogP contribution in [0.1, 0.15) is 38.5 Å². The molecule has 15 heavy (non-hydrogen) atoms. The second kappa shape index (κ2) is 5.35. The summed E-state index contributed by atoms with van der Waals surface area (Å²) in [5, 5.41) is 0. The van der Waals surface area contributed by atoms with Crippen molar-refractivity contribution in [2.45, 2.75) is 50.4 Å². The molecule has 90 valence electrons. The van der Waals surface area contributed by atoms with E-state index in [2.05, 4.69) is 0 Å². The molecule has 2 nitrogen and oxygen atoms in total. The lowest BCUT2D eigenvalue weighted by Crippen LogP contribution is -2.26. The lowest BCUT2D eigenvalue weighted by Gasteiger charge is -2.28. The summed E-state index contributed by atoms with van der Waals surface area (Å²) in [6, 6.07) is 0. The zero-order valence-electron chi connectivity index (χ0n) is 8.39. The number of rotatable bonds is 3. The highest BCUT2D eigenvalue weighted by Gasteiger charge is 2.38. The fraction of sp³-hybridized carbons (Fsp3) is 1.00. The normalized spacial score (nSPS) is 23.7. The van der Waals surface area contributed by atoms with Crippen LogP contribution in [0.3, 0.4) is 0 Å². The van der Waals surface area contributed by atoms with Crippen molar-refractivity contribution in [3.05, 3.63) is 0 Å². The first-order chi connectivity index (χ1) is 6.90. The van der Waals surface area contributed by atoms with Gasteiger partial charge in [-0.3, -0.25) is 4.57 Å². The number of hydrogen-bond acceptors (Lipinski definition) is 1. The largest absolute Gasteiger partial charge is 0.389 e. The van der Waals surface area contributed by atoms with Crippen molar-refractivity contribution < 1.29 is 22.6 Å². The summed E-state index contributed by atoms with van der Waals surface area (Å²) < 4.78 is 47.5. The van der Waals surface area contributed by atoms with Crippen LogP contribution in [-0.2, 0) is 4.57 Å². The average molecular weight is 244 g/mol. The van der Waals surface area contributed by atoms with Crippen molar-refractivity contribution in [1.82, 2.24) is 0 Å². The van der Waals surface area contributed by atoms with Crippen molar-refractivity contribution in [3.8, 4) is 0 Å². The molecular formula is C9H16F3O2P. The molecule has 2 atom stereocenters. The van der Waals surface area contributed by atoms with Crippen LogP contribution in [-0.4, -0.2) is 16.7 Å². The minimum absolute atomic E-state index is 0.211. The summed E-state index contributed by atoms with van der Waals surface area (Å²) in [7, 11) is -3.07. The third kappa shape index (κ3) is 4.56. The minimum atomic E-state index is -4.33. The SMILES string of the molecule is O=[PH](O)C(CC(F)(F)F)C1CCCCC1. The minimum Gasteiger partial charge on any atom is -0.346 e. The van der Waals surface area contributed by atoms with Crippen LogP contribution in [0.4, 0.5) is 13.2 Å². The van der Waals surface area contributed by atoms with Gasteiger partial charge in [-0.05, 0) is 18.8 Å². The van der Waals surface area contributed by atoms with E-state index in [-0.39, 0.29) is 5.92 Å². The summed E-state index contributed by atoms with van der Waals surface area (Å²) in [5.41, 5.74) is -1.06. The van der Waals surface area contributed by atoms with Gasteiger partial charge < -0.3 is 4.89 Å². The maximum atomic E-state index is 12.2. The summed E-state index contributed by atoms with van der Waals surface area (Å²) in [6.07, 6.45) is -1.31. The Balaban J connectivity index is 2.60. The van der Waals surface area contributed by atoms with Gasteiger partial charge in [-0.2, -0.15) is 13.2 Å². The van der Waals surface area contributed by atoms with E-state index in [4.69, 9.17) is 4.89 Å². The van der Waals surface area contributed by atoms with Gasteiger partial charge in [0.25, 0.3) is 0 Å². The van der Waals surface area contributed by atoms with Crippen molar-refractivity contribution in [2.24, 2.45) is 5.92 Å². The van der Waals surface area contributed by atoms with Crippen LogP contribution >= 0.6 is 8.03 Å². The van der Waals surface area contributed by atoms with Crippen molar-refractivity contribution >= 4 is 8.03 Å². The van der Waals surface area contributed by atoms with Crippen molar-refractivity contribution in [1.29, 1.82) is 0 Å². The maximum Gasteiger partial charge on any atom is 0.389 e. The average Bonchev–Trinajstić information content (AvgIpc) is 2.14. The molecule has 0 aromatic carbocycles. The summed E-state index contributed by atoms with van der Waals surface area (Å²) in [6.45, 7) is 0. The lowest BCUT2D eigenvalue weighted by atomic mass is 9.85. The van der Waals surface area contributed by atoms with Crippen LogP contribution < -0.4 is 0 Å². The van der Waals surface area contributed by atoms with E-state index < -0.39 is 26.3 Å². The molecule has 1 rings (SSSR count). The van der Waals surface area contributed by atoms with Gasteiger partial charge >= 0.3 is 6.18 Å². The monoisotopic (exact) mass is 244 g/mol. The first kappa shape index (κ1) is 13.0. The van der Waals surface area contributed by atoms with Crippen LogP contribution in [0, 0.1) is 5.92 Å². The third-order valence-corrected chi connectivity index (χ3v) is 4.30. The highest BCUT2D eigenvalue weighted by Crippen LogP contribution is 2.43. The van der Waals surface area contributed by atoms with Crippen LogP contribution in [0.25, 0.3) is 0 Å². The molecular weight excluding hydrogens is 228 g/mol. The van der Waals surface area contributed by atoms with E-state index >= 15 is 0 Å². The van der Waals surface area contributed by atoms with E-state index in [1.54, 1.807) is 0 Å². The predicted molar refractivity (Wildman–Crippen MR) is 52.3 cm³/mol. The maximum absolute atomic E-state index is 12.2. The first-order valence-corrected chi connectivity index (χ1v) is 6.63. The standard InChI is InChI=1S/C9H16F3O2P/c10-9(11,12)6-8(15(13)14)7-4-2-1-3-5-7/h7-8,15H,1-6H2,(H,13,14). The number of halogens is 3.